The Morgan fingerprint density at radius 2 is 1.76 bits per heavy atom. The summed E-state index contributed by atoms with van der Waals surface area (Å²) in [4.78, 5) is 24.8. The molecular formula is C55H90N6O7S2. The summed E-state index contributed by atoms with van der Waals surface area (Å²) in [5, 5.41) is 80.1. The number of hydrogen-bond donors (Lipinski definition) is 9. The second-order valence-electron chi connectivity index (χ2n) is 24.9. The third kappa shape index (κ3) is 10.0. The van der Waals surface area contributed by atoms with Crippen LogP contribution in [-0.4, -0.2) is 120 Å². The predicted octanol–water partition coefficient (Wildman–Crippen LogP) is 7.18. The SMILES string of the molecule is CNCC1C(O)C(O)CC2(CCCC(C)C)C3C(=CC(=O)C12)C1(O)C2CSSCC(n4ccnc4)CC(C)(C)C(=C4CCCC5(CCCC5)C4)CC(O)C(C)C(C2)C1(CO)CC3CN=C(N)NC(C)O. The monoisotopic (exact) mass is 1010 g/mol. The van der Waals surface area contributed by atoms with E-state index in [1.165, 1.54) is 49.7 Å². The van der Waals surface area contributed by atoms with Gasteiger partial charge in [0, 0.05) is 66.2 Å². The zero-order chi connectivity index (χ0) is 50.4. The highest BCUT2D eigenvalue weighted by molar-refractivity contribution is 8.76. The third-order valence-electron chi connectivity index (χ3n) is 19.8. The topological polar surface area (TPSA) is 219 Å². The number of carbonyl (C=O) groups is 1. The van der Waals surface area contributed by atoms with Crippen LogP contribution in [0.4, 0.5) is 0 Å². The highest BCUT2D eigenvalue weighted by atomic mass is 33.1. The number of nitrogens with zero attached hydrogens (tertiary/aromatic N) is 3. The Balaban J connectivity index is 1.29. The number of guanidine groups is 1. The van der Waals surface area contributed by atoms with Crippen molar-refractivity contribution in [1.29, 1.82) is 0 Å². The molecule has 5 saturated carbocycles. The number of nitrogens with two attached hydrogens (primary N) is 1. The number of ketones is 1. The number of aliphatic hydroxyl groups is 6. The quantitative estimate of drug-likeness (QED) is 0.0354. The molecule has 2 bridgehead atoms. The summed E-state index contributed by atoms with van der Waals surface area (Å²) in [7, 11) is 5.39. The van der Waals surface area contributed by atoms with E-state index in [1.807, 2.05) is 30.4 Å². The maximum absolute atomic E-state index is 15.4. The fourth-order valence-electron chi connectivity index (χ4n) is 16.8. The number of allylic oxidation sites excluding steroid dienone is 2. The Hall–Kier alpha value is -1.95. The van der Waals surface area contributed by atoms with E-state index in [9.17, 15) is 30.6 Å². The summed E-state index contributed by atoms with van der Waals surface area (Å²) in [6.45, 7) is 13.1. The summed E-state index contributed by atoms with van der Waals surface area (Å²) in [6, 6.07) is 0.138. The van der Waals surface area contributed by atoms with E-state index in [1.54, 1.807) is 23.8 Å². The smallest absolute Gasteiger partial charge is 0.190 e. The second kappa shape index (κ2) is 21.7. The van der Waals surface area contributed by atoms with Crippen molar-refractivity contribution in [2.75, 3.05) is 38.2 Å². The minimum atomic E-state index is -1.64. The number of aliphatic hydroxyl groups excluding tert-OH is 5. The van der Waals surface area contributed by atoms with Crippen LogP contribution in [-0.2, 0) is 4.79 Å². The third-order valence-corrected chi connectivity index (χ3v) is 22.3. The number of imidazole rings is 1. The van der Waals surface area contributed by atoms with Gasteiger partial charge >= 0.3 is 0 Å². The molecule has 2 heterocycles. The zero-order valence-corrected chi connectivity index (χ0v) is 45.1. The predicted molar refractivity (Wildman–Crippen MR) is 281 cm³/mol. The molecule has 70 heavy (non-hydrogen) atoms. The fraction of sp³-hybridized carbons (Fsp3) is 0.836. The lowest BCUT2D eigenvalue weighted by Gasteiger charge is -2.65. The van der Waals surface area contributed by atoms with E-state index < -0.39 is 58.7 Å². The van der Waals surface area contributed by atoms with Gasteiger partial charge in [0.25, 0.3) is 0 Å². The molecule has 0 amide bonds. The van der Waals surface area contributed by atoms with E-state index in [0.717, 1.165) is 37.9 Å². The lowest BCUT2D eigenvalue weighted by molar-refractivity contribution is -0.197. The van der Waals surface area contributed by atoms with Gasteiger partial charge < -0.3 is 51.6 Å². The van der Waals surface area contributed by atoms with Crippen LogP contribution in [0.5, 0.6) is 0 Å². The van der Waals surface area contributed by atoms with E-state index in [0.29, 0.717) is 54.9 Å². The number of rotatable bonds is 11. The Morgan fingerprint density at radius 1 is 1.03 bits per heavy atom. The summed E-state index contributed by atoms with van der Waals surface area (Å²) in [6.07, 6.45) is 18.2. The van der Waals surface area contributed by atoms with Gasteiger partial charge in [-0.3, -0.25) is 9.79 Å². The van der Waals surface area contributed by atoms with Crippen LogP contribution in [0.15, 0.2) is 46.5 Å². The Morgan fingerprint density at radius 3 is 2.43 bits per heavy atom. The van der Waals surface area contributed by atoms with Crippen molar-refractivity contribution in [1.82, 2.24) is 20.2 Å². The van der Waals surface area contributed by atoms with Gasteiger partial charge in [-0.25, -0.2) is 4.98 Å². The molecule has 6 fully saturated rings. The molecule has 1 aromatic rings. The molecule has 0 aromatic carbocycles. The number of aromatic nitrogens is 2. The van der Waals surface area contributed by atoms with Crippen LogP contribution in [0.3, 0.4) is 0 Å². The highest BCUT2D eigenvalue weighted by Gasteiger charge is 2.75. The number of hydrogen-bond acceptors (Lipinski definition) is 12. The molecule has 10 N–H and O–H groups in total. The maximum atomic E-state index is 15.4. The van der Waals surface area contributed by atoms with Gasteiger partial charge in [0.1, 0.15) is 6.23 Å². The summed E-state index contributed by atoms with van der Waals surface area (Å²) < 4.78 is 2.25. The average molecular weight is 1010 g/mol. The van der Waals surface area contributed by atoms with E-state index in [4.69, 9.17) is 10.7 Å². The number of aliphatic imine (C=N–C) groups is 1. The molecule has 394 valence electrons. The van der Waals surface area contributed by atoms with Gasteiger partial charge in [0.05, 0.1) is 36.8 Å². The number of carbonyl (C=O) groups excluding carboxylic acids is 1. The fourth-order valence-corrected chi connectivity index (χ4v) is 19.6. The Kier molecular flexibility index (Phi) is 16.9. The van der Waals surface area contributed by atoms with Crippen molar-refractivity contribution in [2.45, 2.75) is 180 Å². The van der Waals surface area contributed by atoms with Crippen molar-refractivity contribution in [3.05, 3.63) is 41.5 Å². The van der Waals surface area contributed by atoms with Crippen molar-refractivity contribution < 1.29 is 35.4 Å². The Labute approximate surface area is 427 Å². The lowest BCUT2D eigenvalue weighted by Crippen LogP contribution is -2.69. The zero-order valence-electron chi connectivity index (χ0n) is 43.5. The van der Waals surface area contributed by atoms with Crippen LogP contribution in [0.25, 0.3) is 0 Å². The van der Waals surface area contributed by atoms with E-state index >= 15 is 4.79 Å². The lowest BCUT2D eigenvalue weighted by atomic mass is 9.40. The minimum absolute atomic E-state index is 0.0757. The van der Waals surface area contributed by atoms with Gasteiger partial charge in [-0.2, -0.15) is 0 Å². The molecule has 7 aliphatic rings. The summed E-state index contributed by atoms with van der Waals surface area (Å²) in [5.74, 6) is -1.31. The normalized spacial score (nSPS) is 41.6. The van der Waals surface area contributed by atoms with E-state index in [-0.39, 0.29) is 66.4 Å². The minimum Gasteiger partial charge on any atom is -0.396 e. The van der Waals surface area contributed by atoms with Crippen molar-refractivity contribution in [2.24, 2.45) is 79.7 Å². The molecule has 15 heteroatoms. The molecule has 1 saturated heterocycles. The van der Waals surface area contributed by atoms with Crippen LogP contribution in [0.2, 0.25) is 0 Å². The molecule has 6 aliphatic carbocycles. The number of nitrogens with one attached hydrogen (secondary N) is 2. The molecular weight excluding hydrogens is 921 g/mol. The highest BCUT2D eigenvalue weighted by Crippen LogP contribution is 2.73. The Bertz CT molecular complexity index is 2060. The molecule has 0 radical (unpaired) electrons. The molecule has 1 spiro atoms. The molecule has 15 atom stereocenters. The first-order valence-corrected chi connectivity index (χ1v) is 29.7. The number of fused-ring (bicyclic) bond motifs is 9. The summed E-state index contributed by atoms with van der Waals surface area (Å²) >= 11 is 0. The van der Waals surface area contributed by atoms with Crippen LogP contribution >= 0.6 is 21.6 Å². The second-order valence-corrected chi connectivity index (χ2v) is 27.4. The molecule has 1 aliphatic heterocycles. The van der Waals surface area contributed by atoms with Crippen LogP contribution < -0.4 is 16.4 Å². The largest absolute Gasteiger partial charge is 0.396 e. The molecule has 13 nitrogen and oxygen atoms in total. The van der Waals surface area contributed by atoms with Gasteiger partial charge in [0.2, 0.25) is 0 Å². The van der Waals surface area contributed by atoms with E-state index in [2.05, 4.69) is 61.0 Å². The molecule has 8 rings (SSSR count). The first kappa shape index (κ1) is 54.3. The van der Waals surface area contributed by atoms with Crippen LogP contribution in [0, 0.1) is 69.0 Å². The molecule has 1 aromatic heterocycles. The first-order valence-electron chi connectivity index (χ1n) is 27.2. The van der Waals surface area contributed by atoms with Gasteiger partial charge in [-0.15, -0.1) is 0 Å². The van der Waals surface area contributed by atoms with Gasteiger partial charge in [-0.1, -0.05) is 93.0 Å². The average Bonchev–Trinajstić information content (AvgIpc) is 4.06. The van der Waals surface area contributed by atoms with Crippen molar-refractivity contribution >= 4 is 33.3 Å². The molecule has 15 unspecified atom stereocenters. The first-order chi connectivity index (χ1) is 33.3. The maximum Gasteiger partial charge on any atom is 0.190 e. The van der Waals surface area contributed by atoms with Gasteiger partial charge in [-0.05, 0) is 149 Å². The van der Waals surface area contributed by atoms with Crippen LogP contribution in [0.1, 0.15) is 150 Å². The van der Waals surface area contributed by atoms with Crippen molar-refractivity contribution in [3.63, 3.8) is 0 Å². The van der Waals surface area contributed by atoms with Gasteiger partial charge in [0.15, 0.2) is 11.7 Å². The summed E-state index contributed by atoms with van der Waals surface area (Å²) in [5.41, 5.74) is 6.46. The van der Waals surface area contributed by atoms with Crippen molar-refractivity contribution in [3.8, 4) is 0 Å². The standard InChI is InChI=1S/C55H90N6O7S2/c1-33(2)12-10-17-53-26-46(66)49(67)40(28-57-7)48(53)45(65)22-43-47(53)37(27-59-50(56)60-35(4)63)24-54(31-62)41-20-38(55(43,54)68)29-69-70-30-39(61-19-18-58-32-61)25-51(5,6)42(21-44(64)34(41)3)36-13-11-16-52(23-36)14-8-9-15-52/h18-19,22,32-35,37-41,44,46-49,57,62-64,66-68H,8-17,20-21,23-31H2,1-7H3,(H3,56,59,60).